The molecule has 0 unspecified atom stereocenters. The van der Waals surface area contributed by atoms with Gasteiger partial charge in [0.25, 0.3) is 0 Å². The molecule has 1 rings (SSSR count). The molecule has 1 fully saturated rings. The van der Waals surface area contributed by atoms with E-state index in [9.17, 15) is 9.59 Å². The second kappa shape index (κ2) is 9.22. The molecular weight excluding hydrogens is 322 g/mol. The Hall–Kier alpha value is -1.56. The van der Waals surface area contributed by atoms with E-state index in [0.29, 0.717) is 32.0 Å². The first kappa shape index (κ1) is 21.5. The first-order valence-corrected chi connectivity index (χ1v) is 8.93. The van der Waals surface area contributed by atoms with E-state index in [4.69, 9.17) is 14.2 Å². The Balaban J connectivity index is 2.88. The van der Waals surface area contributed by atoms with Crippen LogP contribution < -0.4 is 5.32 Å². The number of alkyl carbamates (subject to hydrolysis) is 1. The van der Waals surface area contributed by atoms with Gasteiger partial charge in [-0.3, -0.25) is 4.79 Å². The van der Waals surface area contributed by atoms with Crippen molar-refractivity contribution >= 4 is 12.1 Å². The number of ether oxygens (including phenoxy) is 3. The number of amides is 1. The maximum absolute atomic E-state index is 12.3. The molecule has 25 heavy (non-hydrogen) atoms. The van der Waals surface area contributed by atoms with Crippen molar-refractivity contribution in [1.82, 2.24) is 5.32 Å². The molecule has 1 heterocycles. The third-order valence-corrected chi connectivity index (χ3v) is 4.05. The van der Waals surface area contributed by atoms with Crippen LogP contribution in [0.1, 0.15) is 53.9 Å². The van der Waals surface area contributed by atoms with Crippen LogP contribution >= 0.6 is 0 Å². The SMILES string of the molecule is COC(=O)C1(/C=C/[C@H](CC(C)C)NC(=O)OC(C)(C)C)CCOCC1. The van der Waals surface area contributed by atoms with Crippen LogP contribution in [0, 0.1) is 11.3 Å². The lowest BCUT2D eigenvalue weighted by molar-refractivity contribution is -0.154. The molecule has 1 amide bonds. The third-order valence-electron chi connectivity index (χ3n) is 4.05. The summed E-state index contributed by atoms with van der Waals surface area (Å²) in [4.78, 5) is 24.4. The zero-order valence-electron chi connectivity index (χ0n) is 16.4. The largest absolute Gasteiger partial charge is 0.468 e. The molecule has 6 nitrogen and oxygen atoms in total. The molecular formula is C19H33NO5. The normalized spacial score (nSPS) is 18.8. The molecule has 1 saturated heterocycles. The van der Waals surface area contributed by atoms with E-state index in [-0.39, 0.29) is 12.0 Å². The topological polar surface area (TPSA) is 73.9 Å². The van der Waals surface area contributed by atoms with Crippen molar-refractivity contribution in [3.05, 3.63) is 12.2 Å². The minimum atomic E-state index is -0.683. The van der Waals surface area contributed by atoms with Crippen molar-refractivity contribution in [2.24, 2.45) is 11.3 Å². The Bertz CT molecular complexity index is 473. The summed E-state index contributed by atoms with van der Waals surface area (Å²) >= 11 is 0. The van der Waals surface area contributed by atoms with Gasteiger partial charge < -0.3 is 19.5 Å². The lowest BCUT2D eigenvalue weighted by Gasteiger charge is -2.32. The predicted molar refractivity (Wildman–Crippen MR) is 96.3 cm³/mol. The summed E-state index contributed by atoms with van der Waals surface area (Å²) in [6.07, 6.45) is 5.23. The highest BCUT2D eigenvalue weighted by Gasteiger charge is 2.39. The number of hydrogen-bond acceptors (Lipinski definition) is 5. The van der Waals surface area contributed by atoms with E-state index in [1.807, 2.05) is 32.9 Å². The fraction of sp³-hybridized carbons (Fsp3) is 0.789. The Labute approximate surface area is 151 Å². The summed E-state index contributed by atoms with van der Waals surface area (Å²) in [5.74, 6) is 0.126. The minimum absolute atomic E-state index is 0.209. The highest BCUT2D eigenvalue weighted by molar-refractivity contribution is 5.79. The highest BCUT2D eigenvalue weighted by Crippen LogP contribution is 2.34. The zero-order valence-corrected chi connectivity index (χ0v) is 16.4. The van der Waals surface area contributed by atoms with Crippen molar-refractivity contribution in [1.29, 1.82) is 0 Å². The summed E-state index contributed by atoms with van der Waals surface area (Å²) < 4.78 is 15.7. The van der Waals surface area contributed by atoms with Crippen LogP contribution in [0.5, 0.6) is 0 Å². The van der Waals surface area contributed by atoms with Crippen LogP contribution in [0.4, 0.5) is 4.79 Å². The van der Waals surface area contributed by atoms with E-state index >= 15 is 0 Å². The number of methoxy groups -OCH3 is 1. The van der Waals surface area contributed by atoms with Crippen molar-refractivity contribution in [2.45, 2.75) is 65.5 Å². The predicted octanol–water partition coefficient (Wildman–Crippen LogP) is 3.45. The van der Waals surface area contributed by atoms with Gasteiger partial charge in [0.1, 0.15) is 5.60 Å². The van der Waals surface area contributed by atoms with Crippen LogP contribution in [0.3, 0.4) is 0 Å². The van der Waals surface area contributed by atoms with Crippen LogP contribution in [-0.4, -0.2) is 44.0 Å². The summed E-state index contributed by atoms with van der Waals surface area (Å²) in [7, 11) is 1.40. The Morgan fingerprint density at radius 1 is 1.24 bits per heavy atom. The van der Waals surface area contributed by atoms with Gasteiger partial charge in [0.05, 0.1) is 18.6 Å². The first-order chi connectivity index (χ1) is 11.6. The van der Waals surface area contributed by atoms with E-state index < -0.39 is 17.1 Å². The average molecular weight is 355 g/mol. The molecule has 0 spiro atoms. The second-order valence-corrected chi connectivity index (χ2v) is 8.00. The molecule has 6 heteroatoms. The average Bonchev–Trinajstić information content (AvgIpc) is 2.50. The highest BCUT2D eigenvalue weighted by atomic mass is 16.6. The van der Waals surface area contributed by atoms with Gasteiger partial charge in [0, 0.05) is 13.2 Å². The van der Waals surface area contributed by atoms with E-state index in [2.05, 4.69) is 19.2 Å². The van der Waals surface area contributed by atoms with Crippen molar-refractivity contribution in [3.8, 4) is 0 Å². The number of rotatable bonds is 6. The van der Waals surface area contributed by atoms with E-state index in [1.54, 1.807) is 0 Å². The lowest BCUT2D eigenvalue weighted by Crippen LogP contribution is -2.40. The van der Waals surface area contributed by atoms with Crippen LogP contribution in [0.15, 0.2) is 12.2 Å². The molecule has 1 aliphatic rings. The summed E-state index contributed by atoms with van der Waals surface area (Å²) in [6.45, 7) is 10.7. The molecule has 1 N–H and O–H groups in total. The third kappa shape index (κ3) is 7.46. The zero-order chi connectivity index (χ0) is 19.1. The fourth-order valence-electron chi connectivity index (χ4n) is 2.83. The molecule has 0 radical (unpaired) electrons. The number of nitrogens with one attached hydrogen (secondary N) is 1. The maximum atomic E-state index is 12.3. The molecule has 144 valence electrons. The minimum Gasteiger partial charge on any atom is -0.468 e. The van der Waals surface area contributed by atoms with Gasteiger partial charge in [-0.1, -0.05) is 26.0 Å². The van der Waals surface area contributed by atoms with Crippen molar-refractivity contribution in [2.75, 3.05) is 20.3 Å². The van der Waals surface area contributed by atoms with Crippen LogP contribution in [-0.2, 0) is 19.0 Å². The van der Waals surface area contributed by atoms with Crippen LogP contribution in [0.25, 0.3) is 0 Å². The molecule has 1 aliphatic heterocycles. The van der Waals surface area contributed by atoms with Crippen LogP contribution in [0.2, 0.25) is 0 Å². The number of hydrogen-bond donors (Lipinski definition) is 1. The van der Waals surface area contributed by atoms with Gasteiger partial charge in [0.15, 0.2) is 0 Å². The van der Waals surface area contributed by atoms with Crippen molar-refractivity contribution in [3.63, 3.8) is 0 Å². The quantitative estimate of drug-likeness (QED) is 0.583. The smallest absolute Gasteiger partial charge is 0.408 e. The summed E-state index contributed by atoms with van der Waals surface area (Å²) in [5, 5.41) is 2.89. The Morgan fingerprint density at radius 2 is 1.84 bits per heavy atom. The molecule has 0 bridgehead atoms. The standard InChI is InChI=1S/C19H33NO5/c1-14(2)13-15(20-17(22)25-18(3,4)5)7-8-19(16(21)23-6)9-11-24-12-10-19/h7-8,14-15H,9-13H2,1-6H3,(H,20,22)/b8-7+/t15-/m1/s1. The number of carbonyl (C=O) groups is 2. The fourth-order valence-corrected chi connectivity index (χ4v) is 2.83. The summed E-state index contributed by atoms with van der Waals surface area (Å²) in [5.41, 5.74) is -1.23. The van der Waals surface area contributed by atoms with Gasteiger partial charge in [0.2, 0.25) is 0 Å². The number of carbonyl (C=O) groups excluding carboxylic acids is 2. The van der Waals surface area contributed by atoms with Gasteiger partial charge in [-0.15, -0.1) is 0 Å². The molecule has 1 atom stereocenters. The lowest BCUT2D eigenvalue weighted by atomic mass is 9.79. The van der Waals surface area contributed by atoms with Gasteiger partial charge in [-0.25, -0.2) is 4.79 Å². The molecule has 0 aliphatic carbocycles. The van der Waals surface area contributed by atoms with Gasteiger partial charge in [-0.2, -0.15) is 0 Å². The Kier molecular flexibility index (Phi) is 7.93. The maximum Gasteiger partial charge on any atom is 0.408 e. The van der Waals surface area contributed by atoms with E-state index in [0.717, 1.165) is 6.42 Å². The summed E-state index contributed by atoms with van der Waals surface area (Å²) in [6, 6.07) is -0.209. The molecule has 0 saturated carbocycles. The second-order valence-electron chi connectivity index (χ2n) is 8.00. The molecule has 0 aromatic heterocycles. The van der Waals surface area contributed by atoms with Gasteiger partial charge in [-0.05, 0) is 46.0 Å². The first-order valence-electron chi connectivity index (χ1n) is 8.93. The molecule has 0 aromatic carbocycles. The number of esters is 1. The molecule has 0 aromatic rings. The van der Waals surface area contributed by atoms with Gasteiger partial charge >= 0.3 is 12.1 Å². The van der Waals surface area contributed by atoms with E-state index in [1.165, 1.54) is 7.11 Å². The monoisotopic (exact) mass is 355 g/mol. The Morgan fingerprint density at radius 3 is 2.32 bits per heavy atom. The van der Waals surface area contributed by atoms with Crippen molar-refractivity contribution < 1.29 is 23.8 Å².